The number of hydrogen-bond acceptors (Lipinski definition) is 2. The van der Waals surface area contributed by atoms with Gasteiger partial charge in [0.1, 0.15) is 0 Å². The molecule has 3 atom stereocenters. The molecule has 0 radical (unpaired) electrons. The first-order chi connectivity index (χ1) is 11.2. The predicted octanol–water partition coefficient (Wildman–Crippen LogP) is 4.11. The summed E-state index contributed by atoms with van der Waals surface area (Å²) < 4.78 is 0. The molecule has 23 heavy (non-hydrogen) atoms. The molecule has 1 aliphatic heterocycles. The zero-order chi connectivity index (χ0) is 15.8. The average Bonchev–Trinajstić information content (AvgIpc) is 3.24. The molecule has 1 aromatic rings. The number of likely N-dealkylation sites (tertiary alicyclic amines) is 1. The number of benzene rings is 1. The lowest BCUT2D eigenvalue weighted by Crippen LogP contribution is -2.45. The van der Waals surface area contributed by atoms with E-state index in [0.717, 1.165) is 31.4 Å². The molecule has 4 rings (SSSR count). The van der Waals surface area contributed by atoms with Gasteiger partial charge < -0.3 is 10.0 Å². The third kappa shape index (κ3) is 2.66. The molecule has 0 spiro atoms. The quantitative estimate of drug-likeness (QED) is 0.827. The molecular weight excluding hydrogens is 282 g/mol. The number of aliphatic hydroxyl groups is 1. The Bertz CT molecular complexity index is 562. The summed E-state index contributed by atoms with van der Waals surface area (Å²) in [6, 6.07) is 10.5. The fourth-order valence-corrected chi connectivity index (χ4v) is 5.16. The molecule has 2 nitrogen and oxygen atoms in total. The third-order valence-corrected chi connectivity index (χ3v) is 6.59. The first-order valence-electron chi connectivity index (χ1n) is 9.42. The first kappa shape index (κ1) is 15.4. The number of allylic oxidation sites excluding steroid dienone is 1. The maximum Gasteiger partial charge on any atom is 0.0999 e. The standard InChI is InChI=1S/C21H29NO/c23-21(19-7-3-1-4-8-19,13-16-22-14-5-2-6-15-22)20-11-9-18(17-20)10-12-20/h1,3-4,7-9,11,18,23H,2,5-6,10,12-17H2. The Kier molecular flexibility index (Phi) is 4.07. The highest BCUT2D eigenvalue weighted by atomic mass is 16.3. The van der Waals surface area contributed by atoms with Crippen molar-refractivity contribution in [3.8, 4) is 0 Å². The van der Waals surface area contributed by atoms with Crippen molar-refractivity contribution in [1.82, 2.24) is 4.90 Å². The van der Waals surface area contributed by atoms with Crippen LogP contribution in [-0.2, 0) is 5.60 Å². The fourth-order valence-electron chi connectivity index (χ4n) is 5.16. The van der Waals surface area contributed by atoms with Crippen LogP contribution in [0.15, 0.2) is 42.5 Å². The van der Waals surface area contributed by atoms with E-state index >= 15 is 0 Å². The predicted molar refractivity (Wildman–Crippen MR) is 94.2 cm³/mol. The van der Waals surface area contributed by atoms with Gasteiger partial charge in [-0.15, -0.1) is 0 Å². The van der Waals surface area contributed by atoms with Crippen LogP contribution in [0.4, 0.5) is 0 Å². The lowest BCUT2D eigenvalue weighted by molar-refractivity contribution is -0.0751. The van der Waals surface area contributed by atoms with Crippen molar-refractivity contribution in [2.75, 3.05) is 19.6 Å². The highest BCUT2D eigenvalue weighted by Gasteiger charge is 2.55. The second-order valence-electron chi connectivity index (χ2n) is 7.90. The van der Waals surface area contributed by atoms with E-state index in [1.54, 1.807) is 0 Å². The summed E-state index contributed by atoms with van der Waals surface area (Å²) in [5.41, 5.74) is 0.367. The second kappa shape index (κ2) is 6.07. The van der Waals surface area contributed by atoms with Crippen LogP contribution in [0.3, 0.4) is 0 Å². The van der Waals surface area contributed by atoms with Gasteiger partial charge in [0.25, 0.3) is 0 Å². The van der Waals surface area contributed by atoms with Gasteiger partial charge in [0.2, 0.25) is 0 Å². The minimum Gasteiger partial charge on any atom is -0.384 e. The third-order valence-electron chi connectivity index (χ3n) is 6.59. The number of hydrogen-bond donors (Lipinski definition) is 1. The molecule has 1 heterocycles. The Morgan fingerprint density at radius 1 is 1.13 bits per heavy atom. The van der Waals surface area contributed by atoms with Crippen LogP contribution in [0.1, 0.15) is 50.5 Å². The molecule has 3 unspecified atom stereocenters. The monoisotopic (exact) mass is 311 g/mol. The van der Waals surface area contributed by atoms with Gasteiger partial charge >= 0.3 is 0 Å². The van der Waals surface area contributed by atoms with E-state index in [4.69, 9.17) is 0 Å². The van der Waals surface area contributed by atoms with E-state index in [-0.39, 0.29) is 5.41 Å². The molecular formula is C21H29NO. The van der Waals surface area contributed by atoms with Gasteiger partial charge in [-0.1, -0.05) is 48.9 Å². The van der Waals surface area contributed by atoms with Crippen molar-refractivity contribution in [2.45, 2.75) is 50.5 Å². The molecule has 0 aromatic heterocycles. The number of fused-ring (bicyclic) bond motifs is 2. The minimum atomic E-state index is -0.715. The first-order valence-corrected chi connectivity index (χ1v) is 9.42. The van der Waals surface area contributed by atoms with E-state index in [2.05, 4.69) is 41.3 Å². The summed E-state index contributed by atoms with van der Waals surface area (Å²) in [6.07, 6.45) is 13.1. The molecule has 1 N–H and O–H groups in total. The van der Waals surface area contributed by atoms with Crippen molar-refractivity contribution in [3.05, 3.63) is 48.0 Å². The van der Waals surface area contributed by atoms with Crippen LogP contribution in [0.2, 0.25) is 0 Å². The summed E-state index contributed by atoms with van der Waals surface area (Å²) >= 11 is 0. The highest BCUT2D eigenvalue weighted by Crippen LogP contribution is 2.59. The van der Waals surface area contributed by atoms with E-state index in [9.17, 15) is 5.11 Å². The molecule has 1 saturated heterocycles. The van der Waals surface area contributed by atoms with E-state index in [1.807, 2.05) is 6.07 Å². The van der Waals surface area contributed by atoms with Crippen LogP contribution >= 0.6 is 0 Å². The van der Waals surface area contributed by atoms with Crippen molar-refractivity contribution in [3.63, 3.8) is 0 Å². The normalized spacial score (nSPS) is 33.0. The molecule has 3 aliphatic rings. The second-order valence-corrected chi connectivity index (χ2v) is 7.90. The summed E-state index contributed by atoms with van der Waals surface area (Å²) in [6.45, 7) is 3.43. The largest absolute Gasteiger partial charge is 0.384 e. The molecule has 124 valence electrons. The van der Waals surface area contributed by atoms with Crippen LogP contribution in [0.5, 0.6) is 0 Å². The lowest BCUT2D eigenvalue weighted by Gasteiger charge is -2.44. The van der Waals surface area contributed by atoms with Crippen LogP contribution in [-0.4, -0.2) is 29.6 Å². The van der Waals surface area contributed by atoms with Gasteiger partial charge in [0.05, 0.1) is 5.60 Å². The maximum absolute atomic E-state index is 11.9. The molecule has 1 saturated carbocycles. The minimum absolute atomic E-state index is 0.0329. The SMILES string of the molecule is OC(CCN1CCCCC1)(c1ccccc1)C12C=CC(CC1)C2. The molecule has 2 fully saturated rings. The Morgan fingerprint density at radius 3 is 2.52 bits per heavy atom. The molecule has 0 amide bonds. The Labute approximate surface area is 140 Å². The van der Waals surface area contributed by atoms with E-state index in [1.165, 1.54) is 38.8 Å². The summed E-state index contributed by atoms with van der Waals surface area (Å²) in [5.74, 6) is 0.695. The Balaban J connectivity index is 1.60. The summed E-state index contributed by atoms with van der Waals surface area (Å²) in [4.78, 5) is 2.55. The highest BCUT2D eigenvalue weighted by molar-refractivity contribution is 5.32. The molecule has 2 aliphatic carbocycles. The van der Waals surface area contributed by atoms with Crippen molar-refractivity contribution >= 4 is 0 Å². The van der Waals surface area contributed by atoms with Gasteiger partial charge in [-0.25, -0.2) is 0 Å². The maximum atomic E-state index is 11.9. The zero-order valence-electron chi connectivity index (χ0n) is 14.1. The van der Waals surface area contributed by atoms with Gasteiger partial charge in [-0.2, -0.15) is 0 Å². The van der Waals surface area contributed by atoms with Gasteiger partial charge in [-0.05, 0) is 63.1 Å². The van der Waals surface area contributed by atoms with Crippen molar-refractivity contribution < 1.29 is 5.11 Å². The van der Waals surface area contributed by atoms with E-state index < -0.39 is 5.60 Å². The number of rotatable bonds is 5. The lowest BCUT2D eigenvalue weighted by atomic mass is 9.66. The van der Waals surface area contributed by atoms with Gasteiger partial charge in [0, 0.05) is 12.0 Å². The topological polar surface area (TPSA) is 23.5 Å². The van der Waals surface area contributed by atoms with Crippen molar-refractivity contribution in [2.24, 2.45) is 11.3 Å². The average molecular weight is 311 g/mol. The van der Waals surface area contributed by atoms with Crippen LogP contribution < -0.4 is 0 Å². The fraction of sp³-hybridized carbons (Fsp3) is 0.619. The smallest absolute Gasteiger partial charge is 0.0999 e. The zero-order valence-corrected chi connectivity index (χ0v) is 14.1. The van der Waals surface area contributed by atoms with Crippen LogP contribution in [0, 0.1) is 11.3 Å². The van der Waals surface area contributed by atoms with Gasteiger partial charge in [-0.3, -0.25) is 0 Å². The Morgan fingerprint density at radius 2 is 1.91 bits per heavy atom. The summed E-state index contributed by atoms with van der Waals surface area (Å²) in [7, 11) is 0. The number of nitrogens with zero attached hydrogens (tertiary/aromatic N) is 1. The number of piperidine rings is 1. The van der Waals surface area contributed by atoms with Crippen LogP contribution in [0.25, 0.3) is 0 Å². The van der Waals surface area contributed by atoms with Crippen molar-refractivity contribution in [1.29, 1.82) is 0 Å². The van der Waals surface area contributed by atoms with E-state index in [0.29, 0.717) is 5.92 Å². The molecule has 1 aromatic carbocycles. The Hall–Kier alpha value is -1.12. The molecule has 2 bridgehead atoms. The summed E-state index contributed by atoms with van der Waals surface area (Å²) in [5, 5.41) is 11.9. The van der Waals surface area contributed by atoms with Gasteiger partial charge in [0.15, 0.2) is 0 Å². The molecule has 2 heteroatoms.